The molecule has 0 saturated carbocycles. The van der Waals surface area contributed by atoms with Crippen LogP contribution in [0.1, 0.15) is 27.0 Å². The maximum Gasteiger partial charge on any atom is 0.200 e. The molecule has 2 aromatic carbocycles. The highest BCUT2D eigenvalue weighted by Gasteiger charge is 2.14. The SMILES string of the molecule is CSc1ccccc1OCC(=O)c1c(C)cc(C)cc1C. The Hall–Kier alpha value is -1.74. The first-order valence-corrected chi connectivity index (χ1v) is 8.12. The van der Waals surface area contributed by atoms with Gasteiger partial charge in [-0.2, -0.15) is 0 Å². The standard InChI is InChI=1S/C18H20O2S/c1-12-9-13(2)18(14(3)10-12)15(19)11-20-16-7-5-6-8-17(16)21-4/h5-10H,11H2,1-4H3. The Balaban J connectivity index is 2.16. The minimum Gasteiger partial charge on any atom is -0.484 e. The minimum atomic E-state index is 0.0286. The lowest BCUT2D eigenvalue weighted by molar-refractivity contribution is 0.0918. The number of hydrogen-bond acceptors (Lipinski definition) is 3. The molecule has 0 N–H and O–H groups in total. The van der Waals surface area contributed by atoms with E-state index in [1.54, 1.807) is 11.8 Å². The van der Waals surface area contributed by atoms with Crippen molar-refractivity contribution in [2.45, 2.75) is 25.7 Å². The normalized spacial score (nSPS) is 10.5. The molecule has 110 valence electrons. The maximum absolute atomic E-state index is 12.4. The molecule has 21 heavy (non-hydrogen) atoms. The average Bonchev–Trinajstić information content (AvgIpc) is 2.44. The summed E-state index contributed by atoms with van der Waals surface area (Å²) in [6.45, 7) is 6.06. The van der Waals surface area contributed by atoms with Crippen molar-refractivity contribution in [3.8, 4) is 5.75 Å². The first kappa shape index (κ1) is 15.6. The predicted molar refractivity (Wildman–Crippen MR) is 88.7 cm³/mol. The van der Waals surface area contributed by atoms with Crippen LogP contribution in [-0.4, -0.2) is 18.6 Å². The zero-order valence-corrected chi connectivity index (χ0v) is 13.7. The number of ketones is 1. The lowest BCUT2D eigenvalue weighted by Gasteiger charge is -2.12. The molecule has 0 aliphatic carbocycles. The Morgan fingerprint density at radius 3 is 2.33 bits per heavy atom. The van der Waals surface area contributed by atoms with Crippen molar-refractivity contribution in [2.75, 3.05) is 12.9 Å². The van der Waals surface area contributed by atoms with E-state index in [2.05, 4.69) is 0 Å². The summed E-state index contributed by atoms with van der Waals surface area (Å²) in [6.07, 6.45) is 2.00. The van der Waals surface area contributed by atoms with E-state index in [9.17, 15) is 4.79 Å². The summed E-state index contributed by atoms with van der Waals surface area (Å²) in [4.78, 5) is 13.5. The number of Topliss-reactive ketones (excluding diaryl/α,β-unsaturated/α-hetero) is 1. The van der Waals surface area contributed by atoms with Crippen LogP contribution in [0, 0.1) is 20.8 Å². The van der Waals surface area contributed by atoms with Crippen LogP contribution in [0.25, 0.3) is 0 Å². The molecule has 2 aromatic rings. The largest absolute Gasteiger partial charge is 0.484 e. The lowest BCUT2D eigenvalue weighted by atomic mass is 9.97. The van der Waals surface area contributed by atoms with Crippen LogP contribution in [0.2, 0.25) is 0 Å². The molecule has 2 nitrogen and oxygen atoms in total. The Kier molecular flexibility index (Phi) is 5.07. The van der Waals surface area contributed by atoms with Crippen molar-refractivity contribution in [2.24, 2.45) is 0 Å². The summed E-state index contributed by atoms with van der Waals surface area (Å²) in [6, 6.07) is 11.9. The highest BCUT2D eigenvalue weighted by atomic mass is 32.2. The van der Waals surface area contributed by atoms with Gasteiger partial charge in [-0.3, -0.25) is 4.79 Å². The molecule has 0 saturated heterocycles. The van der Waals surface area contributed by atoms with Crippen LogP contribution in [0.4, 0.5) is 0 Å². The van der Waals surface area contributed by atoms with E-state index >= 15 is 0 Å². The van der Waals surface area contributed by atoms with Crippen LogP contribution in [0.3, 0.4) is 0 Å². The Morgan fingerprint density at radius 1 is 1.10 bits per heavy atom. The molecule has 0 radical (unpaired) electrons. The summed E-state index contributed by atoms with van der Waals surface area (Å²) in [5.41, 5.74) is 3.98. The molecular weight excluding hydrogens is 280 g/mol. The van der Waals surface area contributed by atoms with Gasteiger partial charge < -0.3 is 4.74 Å². The fourth-order valence-corrected chi connectivity index (χ4v) is 3.12. The Bertz CT molecular complexity index is 639. The fourth-order valence-electron chi connectivity index (χ4n) is 2.57. The monoisotopic (exact) mass is 300 g/mol. The van der Waals surface area contributed by atoms with Crippen molar-refractivity contribution >= 4 is 17.5 Å². The van der Waals surface area contributed by atoms with Crippen molar-refractivity contribution in [1.82, 2.24) is 0 Å². The van der Waals surface area contributed by atoms with Crippen LogP contribution < -0.4 is 4.74 Å². The molecule has 0 aliphatic rings. The van der Waals surface area contributed by atoms with Gasteiger partial charge in [0.1, 0.15) is 5.75 Å². The fraction of sp³-hybridized carbons (Fsp3) is 0.278. The number of benzene rings is 2. The molecule has 0 fully saturated rings. The third kappa shape index (κ3) is 3.67. The molecule has 0 amide bonds. The molecule has 0 unspecified atom stereocenters. The Morgan fingerprint density at radius 2 is 1.71 bits per heavy atom. The number of hydrogen-bond donors (Lipinski definition) is 0. The van der Waals surface area contributed by atoms with Crippen LogP contribution >= 0.6 is 11.8 Å². The smallest absolute Gasteiger partial charge is 0.200 e. The summed E-state index contributed by atoms with van der Waals surface area (Å²) < 4.78 is 5.71. The lowest BCUT2D eigenvalue weighted by Crippen LogP contribution is -2.15. The third-order valence-corrected chi connectivity index (χ3v) is 4.16. The molecule has 0 aliphatic heterocycles. The van der Waals surface area contributed by atoms with E-state index in [-0.39, 0.29) is 12.4 Å². The maximum atomic E-state index is 12.4. The number of rotatable bonds is 5. The number of carbonyl (C=O) groups excluding carboxylic acids is 1. The number of carbonyl (C=O) groups is 1. The minimum absolute atomic E-state index is 0.0286. The van der Waals surface area contributed by atoms with E-state index in [0.717, 1.165) is 27.3 Å². The molecule has 0 atom stereocenters. The number of aryl methyl sites for hydroxylation is 3. The second kappa shape index (κ2) is 6.81. The summed E-state index contributed by atoms with van der Waals surface area (Å²) >= 11 is 1.61. The average molecular weight is 300 g/mol. The van der Waals surface area contributed by atoms with Gasteiger partial charge in [0.25, 0.3) is 0 Å². The van der Waals surface area contributed by atoms with Crippen molar-refractivity contribution in [1.29, 1.82) is 0 Å². The molecular formula is C18H20O2S. The van der Waals surface area contributed by atoms with Gasteiger partial charge in [0.15, 0.2) is 6.61 Å². The van der Waals surface area contributed by atoms with Crippen LogP contribution in [0.5, 0.6) is 5.75 Å². The molecule has 0 aromatic heterocycles. The van der Waals surface area contributed by atoms with Crippen LogP contribution in [0.15, 0.2) is 41.3 Å². The Labute approximate surface area is 130 Å². The highest BCUT2D eigenvalue weighted by molar-refractivity contribution is 7.98. The zero-order valence-electron chi connectivity index (χ0n) is 12.9. The van der Waals surface area contributed by atoms with E-state index < -0.39 is 0 Å². The quantitative estimate of drug-likeness (QED) is 0.596. The zero-order chi connectivity index (χ0) is 15.4. The van der Waals surface area contributed by atoms with Gasteiger partial charge in [-0.25, -0.2) is 0 Å². The van der Waals surface area contributed by atoms with Gasteiger partial charge in [-0.15, -0.1) is 11.8 Å². The predicted octanol–water partition coefficient (Wildman–Crippen LogP) is 4.60. The van der Waals surface area contributed by atoms with Gasteiger partial charge >= 0.3 is 0 Å². The second-order valence-electron chi connectivity index (χ2n) is 5.14. The molecule has 2 rings (SSSR count). The van der Waals surface area contributed by atoms with Crippen molar-refractivity contribution < 1.29 is 9.53 Å². The van der Waals surface area contributed by atoms with Crippen LogP contribution in [-0.2, 0) is 0 Å². The first-order valence-electron chi connectivity index (χ1n) is 6.89. The van der Waals surface area contributed by atoms with E-state index in [1.807, 2.05) is 63.4 Å². The van der Waals surface area contributed by atoms with Gasteiger partial charge in [0, 0.05) is 10.5 Å². The van der Waals surface area contributed by atoms with Crippen molar-refractivity contribution in [3.63, 3.8) is 0 Å². The number of ether oxygens (including phenoxy) is 1. The topological polar surface area (TPSA) is 26.3 Å². The number of thioether (sulfide) groups is 1. The summed E-state index contributed by atoms with van der Waals surface area (Å²) in [5.74, 6) is 0.793. The van der Waals surface area contributed by atoms with E-state index in [1.165, 1.54) is 5.56 Å². The van der Waals surface area contributed by atoms with Gasteiger partial charge in [-0.05, 0) is 50.3 Å². The van der Waals surface area contributed by atoms with E-state index in [4.69, 9.17) is 4.74 Å². The number of para-hydroxylation sites is 1. The molecule has 0 heterocycles. The van der Waals surface area contributed by atoms with Gasteiger partial charge in [0.05, 0.1) is 0 Å². The molecule has 3 heteroatoms. The third-order valence-electron chi connectivity index (χ3n) is 3.38. The first-order chi connectivity index (χ1) is 10.0. The molecule has 0 spiro atoms. The van der Waals surface area contributed by atoms with Gasteiger partial charge in [-0.1, -0.05) is 29.8 Å². The van der Waals surface area contributed by atoms with Crippen molar-refractivity contribution in [3.05, 3.63) is 58.7 Å². The molecule has 0 bridgehead atoms. The second-order valence-corrected chi connectivity index (χ2v) is 5.98. The summed E-state index contributed by atoms with van der Waals surface area (Å²) in [7, 11) is 0. The summed E-state index contributed by atoms with van der Waals surface area (Å²) in [5, 5.41) is 0. The highest BCUT2D eigenvalue weighted by Crippen LogP contribution is 2.27. The van der Waals surface area contributed by atoms with E-state index in [0.29, 0.717) is 0 Å². The van der Waals surface area contributed by atoms with Gasteiger partial charge in [0.2, 0.25) is 5.78 Å².